The Labute approximate surface area is 111 Å². The first-order valence-electron chi connectivity index (χ1n) is 5.43. The Balaban J connectivity index is 3.49. The first-order valence-corrected chi connectivity index (χ1v) is 5.81. The number of methoxy groups -OCH3 is 2. The highest BCUT2D eigenvalue weighted by molar-refractivity contribution is 6.32. The molecule has 18 heavy (non-hydrogen) atoms. The van der Waals surface area contributed by atoms with Gasteiger partial charge in [-0.05, 0) is 12.0 Å². The van der Waals surface area contributed by atoms with Gasteiger partial charge in [0.2, 0.25) is 0 Å². The van der Waals surface area contributed by atoms with Crippen molar-refractivity contribution < 1.29 is 19.1 Å². The molecule has 0 radical (unpaired) electrons. The largest absolute Gasteiger partial charge is 0.492 e. The summed E-state index contributed by atoms with van der Waals surface area (Å²) in [7, 11) is 2.92. The molecule has 4 nitrogen and oxygen atoms in total. The first-order chi connectivity index (χ1) is 8.60. The Bertz CT molecular complexity index is 457. The van der Waals surface area contributed by atoms with Gasteiger partial charge in [-0.2, -0.15) is 0 Å². The molecule has 0 aliphatic heterocycles. The van der Waals surface area contributed by atoms with Gasteiger partial charge in [0.05, 0.1) is 19.8 Å². The van der Waals surface area contributed by atoms with Gasteiger partial charge in [-0.1, -0.05) is 18.5 Å². The Morgan fingerprint density at radius 2 is 1.89 bits per heavy atom. The van der Waals surface area contributed by atoms with Crippen LogP contribution in [0.15, 0.2) is 6.07 Å². The number of rotatable bonds is 6. The number of hydrogen-bond donors (Lipinski definition) is 0. The summed E-state index contributed by atoms with van der Waals surface area (Å²) < 4.78 is 10.5. The van der Waals surface area contributed by atoms with Gasteiger partial charge in [0.15, 0.2) is 17.8 Å². The summed E-state index contributed by atoms with van der Waals surface area (Å²) in [5.74, 6) is 0.630. The monoisotopic (exact) mass is 270 g/mol. The molecule has 0 aliphatic rings. The third-order valence-corrected chi connectivity index (χ3v) is 3.04. The van der Waals surface area contributed by atoms with Crippen molar-refractivity contribution in [3.05, 3.63) is 22.2 Å². The fourth-order valence-electron chi connectivity index (χ4n) is 1.86. The second-order valence-corrected chi connectivity index (χ2v) is 4.26. The molecule has 0 saturated heterocycles. The second kappa shape index (κ2) is 6.40. The molecule has 1 aromatic carbocycles. The van der Waals surface area contributed by atoms with Gasteiger partial charge < -0.3 is 14.3 Å². The van der Waals surface area contributed by atoms with Crippen LogP contribution in [0.2, 0.25) is 5.02 Å². The van der Waals surface area contributed by atoms with E-state index in [0.29, 0.717) is 40.4 Å². The van der Waals surface area contributed by atoms with Crippen LogP contribution in [0.4, 0.5) is 0 Å². The molecule has 98 valence electrons. The molecule has 0 amide bonds. The molecule has 1 rings (SSSR count). The SMILES string of the molecule is COc1c(C=O)cc(Cl)c(C(C)CC=O)c1OC. The summed E-state index contributed by atoms with van der Waals surface area (Å²) >= 11 is 6.14. The van der Waals surface area contributed by atoms with Crippen molar-refractivity contribution in [2.75, 3.05) is 14.2 Å². The topological polar surface area (TPSA) is 52.6 Å². The average molecular weight is 271 g/mol. The first kappa shape index (κ1) is 14.5. The zero-order valence-electron chi connectivity index (χ0n) is 10.5. The maximum atomic E-state index is 11.0. The van der Waals surface area contributed by atoms with E-state index in [-0.39, 0.29) is 5.92 Å². The molecule has 0 spiro atoms. The summed E-state index contributed by atoms with van der Waals surface area (Å²) in [6.07, 6.45) is 1.79. The van der Waals surface area contributed by atoms with E-state index in [0.717, 1.165) is 6.29 Å². The highest BCUT2D eigenvalue weighted by Crippen LogP contribution is 2.43. The van der Waals surface area contributed by atoms with E-state index >= 15 is 0 Å². The Morgan fingerprint density at radius 1 is 1.28 bits per heavy atom. The van der Waals surface area contributed by atoms with E-state index in [9.17, 15) is 9.59 Å². The number of halogens is 1. The van der Waals surface area contributed by atoms with Crippen molar-refractivity contribution in [2.45, 2.75) is 19.3 Å². The van der Waals surface area contributed by atoms with E-state index in [4.69, 9.17) is 21.1 Å². The normalized spacial score (nSPS) is 11.8. The van der Waals surface area contributed by atoms with Crippen molar-refractivity contribution in [1.82, 2.24) is 0 Å². The molecule has 0 N–H and O–H groups in total. The molecule has 0 heterocycles. The molecule has 0 aliphatic carbocycles. The van der Waals surface area contributed by atoms with Gasteiger partial charge >= 0.3 is 0 Å². The number of aldehydes is 2. The van der Waals surface area contributed by atoms with E-state index in [1.54, 1.807) is 0 Å². The lowest BCUT2D eigenvalue weighted by atomic mass is 9.95. The van der Waals surface area contributed by atoms with Crippen LogP contribution in [0.25, 0.3) is 0 Å². The maximum Gasteiger partial charge on any atom is 0.171 e. The van der Waals surface area contributed by atoms with Crippen molar-refractivity contribution >= 4 is 24.2 Å². The molecule has 0 bridgehead atoms. The van der Waals surface area contributed by atoms with Crippen molar-refractivity contribution in [2.24, 2.45) is 0 Å². The minimum Gasteiger partial charge on any atom is -0.492 e. The van der Waals surface area contributed by atoms with E-state index in [1.165, 1.54) is 20.3 Å². The molecule has 0 aromatic heterocycles. The zero-order chi connectivity index (χ0) is 13.7. The van der Waals surface area contributed by atoms with Crippen LogP contribution in [-0.2, 0) is 4.79 Å². The molecule has 1 aromatic rings. The highest BCUT2D eigenvalue weighted by atomic mass is 35.5. The van der Waals surface area contributed by atoms with Crippen LogP contribution < -0.4 is 9.47 Å². The van der Waals surface area contributed by atoms with Crippen LogP contribution in [0.3, 0.4) is 0 Å². The summed E-state index contributed by atoms with van der Waals surface area (Å²) in [4.78, 5) is 21.6. The summed E-state index contributed by atoms with van der Waals surface area (Å²) in [5.41, 5.74) is 0.995. The van der Waals surface area contributed by atoms with Crippen LogP contribution in [0.1, 0.15) is 35.2 Å². The third kappa shape index (κ3) is 2.64. The molecular formula is C13H15ClO4. The predicted octanol–water partition coefficient (Wildman–Crippen LogP) is 2.86. The fraction of sp³-hybridized carbons (Fsp3) is 0.385. The number of carbonyl (C=O) groups excluding carboxylic acids is 2. The van der Waals surface area contributed by atoms with Gasteiger partial charge in [0, 0.05) is 17.0 Å². The summed E-state index contributed by atoms with van der Waals surface area (Å²) in [6.45, 7) is 1.86. The predicted molar refractivity (Wildman–Crippen MR) is 69.0 cm³/mol. The van der Waals surface area contributed by atoms with E-state index in [1.807, 2.05) is 6.92 Å². The number of carbonyl (C=O) groups is 2. The molecule has 1 unspecified atom stereocenters. The van der Waals surface area contributed by atoms with Crippen LogP contribution in [-0.4, -0.2) is 26.8 Å². The molecule has 5 heteroatoms. The standard InChI is InChI=1S/C13H15ClO4/c1-8(4-5-15)11-10(14)6-9(7-16)12(17-2)13(11)18-3/h5-8H,4H2,1-3H3. The molecule has 1 atom stereocenters. The van der Waals surface area contributed by atoms with Crippen LogP contribution in [0.5, 0.6) is 11.5 Å². The number of hydrogen-bond acceptors (Lipinski definition) is 4. The molecular weight excluding hydrogens is 256 g/mol. The second-order valence-electron chi connectivity index (χ2n) is 3.85. The maximum absolute atomic E-state index is 11.0. The summed E-state index contributed by atoms with van der Waals surface area (Å²) in [6, 6.07) is 1.52. The lowest BCUT2D eigenvalue weighted by Gasteiger charge is -2.19. The van der Waals surface area contributed by atoms with Gasteiger partial charge in [-0.3, -0.25) is 4.79 Å². The minimum atomic E-state index is -0.112. The fourth-order valence-corrected chi connectivity index (χ4v) is 2.25. The smallest absolute Gasteiger partial charge is 0.171 e. The third-order valence-electron chi connectivity index (χ3n) is 2.73. The zero-order valence-corrected chi connectivity index (χ0v) is 11.3. The number of benzene rings is 1. The van der Waals surface area contributed by atoms with Crippen molar-refractivity contribution in [3.63, 3.8) is 0 Å². The van der Waals surface area contributed by atoms with Gasteiger partial charge in [-0.15, -0.1) is 0 Å². The minimum absolute atomic E-state index is 0.112. The van der Waals surface area contributed by atoms with Gasteiger partial charge in [0.1, 0.15) is 6.29 Å². The van der Waals surface area contributed by atoms with Crippen molar-refractivity contribution in [3.8, 4) is 11.5 Å². The van der Waals surface area contributed by atoms with E-state index in [2.05, 4.69) is 0 Å². The van der Waals surface area contributed by atoms with Crippen molar-refractivity contribution in [1.29, 1.82) is 0 Å². The van der Waals surface area contributed by atoms with Gasteiger partial charge in [-0.25, -0.2) is 0 Å². The van der Waals surface area contributed by atoms with E-state index < -0.39 is 0 Å². The lowest BCUT2D eigenvalue weighted by Crippen LogP contribution is -2.04. The Hall–Kier alpha value is -1.55. The van der Waals surface area contributed by atoms with Gasteiger partial charge in [0.25, 0.3) is 0 Å². The molecule has 0 fully saturated rings. The molecule has 0 saturated carbocycles. The number of ether oxygens (including phenoxy) is 2. The van der Waals surface area contributed by atoms with Crippen LogP contribution in [0, 0.1) is 0 Å². The Kier molecular flexibility index (Phi) is 5.16. The Morgan fingerprint density at radius 3 is 2.33 bits per heavy atom. The summed E-state index contributed by atoms with van der Waals surface area (Å²) in [5, 5.41) is 0.393. The van der Waals surface area contributed by atoms with Crippen LogP contribution >= 0.6 is 11.6 Å². The quantitative estimate of drug-likeness (QED) is 0.746. The highest BCUT2D eigenvalue weighted by Gasteiger charge is 2.22. The average Bonchev–Trinajstić information content (AvgIpc) is 2.37. The lowest BCUT2D eigenvalue weighted by molar-refractivity contribution is -0.108.